The third-order valence-electron chi connectivity index (χ3n) is 4.24. The summed E-state index contributed by atoms with van der Waals surface area (Å²) in [6, 6.07) is 0. The van der Waals surface area contributed by atoms with Crippen molar-refractivity contribution >= 4 is 15.8 Å². The SMILES string of the molecule is [B]CN([B])CCC1(O)CCOC2(CCCC2)C1. The van der Waals surface area contributed by atoms with Gasteiger partial charge in [-0.25, -0.2) is 0 Å². The molecule has 0 aromatic rings. The highest BCUT2D eigenvalue weighted by atomic mass is 16.5. The lowest BCUT2D eigenvalue weighted by atomic mass is 9.79. The molecule has 0 aromatic heterocycles. The third-order valence-corrected chi connectivity index (χ3v) is 4.24. The Morgan fingerprint density at radius 1 is 1.24 bits per heavy atom. The molecule has 0 bridgehead atoms. The van der Waals surface area contributed by atoms with Gasteiger partial charge >= 0.3 is 0 Å². The first kappa shape index (κ1) is 13.4. The number of hydrogen-bond donors (Lipinski definition) is 1. The monoisotopic (exact) mass is 233 g/mol. The molecule has 5 heteroatoms. The number of ether oxygens (including phenoxy) is 1. The molecular weight excluding hydrogens is 212 g/mol. The summed E-state index contributed by atoms with van der Waals surface area (Å²) < 4.78 is 5.93. The second-order valence-electron chi connectivity index (χ2n) is 5.63. The molecule has 1 spiro atoms. The zero-order valence-corrected chi connectivity index (χ0v) is 10.5. The first-order valence-electron chi connectivity index (χ1n) is 6.64. The number of aliphatic hydroxyl groups is 1. The standard InChI is InChI=1S/C12H21B2NO2/c13-10-15(14)7-5-11(16)6-8-17-12(9-11)3-1-2-4-12/h16H,1-10H2. The summed E-state index contributed by atoms with van der Waals surface area (Å²) in [5.41, 5.74) is -0.662. The molecule has 1 unspecified atom stereocenters. The zero-order chi connectivity index (χ0) is 12.4. The molecule has 1 saturated carbocycles. The maximum absolute atomic E-state index is 10.6. The van der Waals surface area contributed by atoms with Gasteiger partial charge in [0.1, 0.15) is 0 Å². The van der Waals surface area contributed by atoms with Gasteiger partial charge in [-0.05, 0) is 32.2 Å². The van der Waals surface area contributed by atoms with Gasteiger partial charge in [0.25, 0.3) is 0 Å². The number of nitrogens with zero attached hydrogens (tertiary/aromatic N) is 1. The minimum atomic E-state index is -0.616. The van der Waals surface area contributed by atoms with Crippen LogP contribution in [0.3, 0.4) is 0 Å². The fourth-order valence-corrected chi connectivity index (χ4v) is 3.19. The van der Waals surface area contributed by atoms with Crippen LogP contribution in [0.2, 0.25) is 0 Å². The molecule has 0 amide bonds. The van der Waals surface area contributed by atoms with Crippen molar-refractivity contribution in [1.82, 2.24) is 4.81 Å². The predicted molar refractivity (Wildman–Crippen MR) is 69.0 cm³/mol. The van der Waals surface area contributed by atoms with Crippen LogP contribution in [0.15, 0.2) is 0 Å². The van der Waals surface area contributed by atoms with Crippen molar-refractivity contribution in [2.45, 2.75) is 56.1 Å². The molecule has 0 aromatic carbocycles. The molecule has 92 valence electrons. The highest BCUT2D eigenvalue weighted by molar-refractivity contribution is 6.14. The Balaban J connectivity index is 1.90. The molecule has 4 radical (unpaired) electrons. The second kappa shape index (κ2) is 5.33. The van der Waals surface area contributed by atoms with Crippen LogP contribution in [-0.2, 0) is 4.74 Å². The lowest BCUT2D eigenvalue weighted by Gasteiger charge is -2.44. The van der Waals surface area contributed by atoms with Crippen LogP contribution in [0.25, 0.3) is 0 Å². The van der Waals surface area contributed by atoms with E-state index in [1.54, 1.807) is 4.81 Å². The topological polar surface area (TPSA) is 32.7 Å². The Kier molecular flexibility index (Phi) is 4.22. The normalized spacial score (nSPS) is 32.4. The quantitative estimate of drug-likeness (QED) is 0.727. The summed E-state index contributed by atoms with van der Waals surface area (Å²) in [4.78, 5) is 1.55. The second-order valence-corrected chi connectivity index (χ2v) is 5.63. The molecule has 1 aliphatic carbocycles. The van der Waals surface area contributed by atoms with Crippen molar-refractivity contribution in [3.8, 4) is 0 Å². The molecule has 1 saturated heterocycles. The first-order valence-corrected chi connectivity index (χ1v) is 6.64. The van der Waals surface area contributed by atoms with E-state index in [9.17, 15) is 5.11 Å². The van der Waals surface area contributed by atoms with Crippen molar-refractivity contribution in [3.05, 3.63) is 0 Å². The van der Waals surface area contributed by atoms with Crippen LogP contribution in [0.5, 0.6) is 0 Å². The molecular formula is C12H21B2NO2. The molecule has 2 aliphatic rings. The van der Waals surface area contributed by atoms with E-state index in [2.05, 4.69) is 0 Å². The third kappa shape index (κ3) is 3.27. The van der Waals surface area contributed by atoms with Gasteiger partial charge in [0.2, 0.25) is 0 Å². The minimum Gasteiger partial charge on any atom is -0.390 e. The Bertz CT molecular complexity index is 259. The van der Waals surface area contributed by atoms with Crippen LogP contribution < -0.4 is 0 Å². The Hall–Kier alpha value is 0.00987. The lowest BCUT2D eigenvalue weighted by molar-refractivity contribution is -0.159. The van der Waals surface area contributed by atoms with Gasteiger partial charge in [-0.15, -0.1) is 0 Å². The van der Waals surface area contributed by atoms with Gasteiger partial charge in [0, 0.05) is 6.42 Å². The summed E-state index contributed by atoms with van der Waals surface area (Å²) in [7, 11) is 11.1. The highest BCUT2D eigenvalue weighted by Crippen LogP contribution is 2.44. The molecule has 1 aliphatic heterocycles. The Morgan fingerprint density at radius 2 is 1.94 bits per heavy atom. The van der Waals surface area contributed by atoms with Gasteiger partial charge in [-0.2, -0.15) is 0 Å². The molecule has 17 heavy (non-hydrogen) atoms. The van der Waals surface area contributed by atoms with Crippen molar-refractivity contribution in [2.75, 3.05) is 19.6 Å². The summed E-state index contributed by atoms with van der Waals surface area (Å²) in [6.45, 7) is 1.31. The average Bonchev–Trinajstić information content (AvgIpc) is 2.74. The van der Waals surface area contributed by atoms with Gasteiger partial charge in [0.15, 0.2) is 7.98 Å². The van der Waals surface area contributed by atoms with Gasteiger partial charge in [0.05, 0.1) is 25.7 Å². The maximum Gasteiger partial charge on any atom is 0.181 e. The molecule has 1 N–H and O–H groups in total. The molecule has 2 rings (SSSR count). The fourth-order valence-electron chi connectivity index (χ4n) is 3.19. The van der Waals surface area contributed by atoms with E-state index in [0.29, 0.717) is 32.4 Å². The summed E-state index contributed by atoms with van der Waals surface area (Å²) in [5, 5.41) is 10.6. The largest absolute Gasteiger partial charge is 0.390 e. The molecule has 2 fully saturated rings. The van der Waals surface area contributed by atoms with E-state index in [0.717, 1.165) is 19.3 Å². The summed E-state index contributed by atoms with van der Waals surface area (Å²) in [6.07, 6.45) is 7.13. The van der Waals surface area contributed by atoms with E-state index in [1.807, 2.05) is 0 Å². The van der Waals surface area contributed by atoms with E-state index in [1.165, 1.54) is 12.8 Å². The van der Waals surface area contributed by atoms with Gasteiger partial charge in [-0.1, -0.05) is 19.3 Å². The van der Waals surface area contributed by atoms with Crippen molar-refractivity contribution in [2.24, 2.45) is 0 Å². The average molecular weight is 233 g/mol. The maximum atomic E-state index is 10.6. The summed E-state index contributed by atoms with van der Waals surface area (Å²) in [5.74, 6) is 0. The van der Waals surface area contributed by atoms with Crippen LogP contribution in [-0.4, -0.2) is 56.5 Å². The van der Waals surface area contributed by atoms with Crippen LogP contribution >= 0.6 is 0 Å². The predicted octanol–water partition coefficient (Wildman–Crippen LogP) is 0.742. The number of hydrogen-bond acceptors (Lipinski definition) is 3. The molecule has 1 atom stereocenters. The van der Waals surface area contributed by atoms with E-state index in [-0.39, 0.29) is 5.60 Å². The van der Waals surface area contributed by atoms with Crippen LogP contribution in [0, 0.1) is 0 Å². The molecule has 1 heterocycles. The highest BCUT2D eigenvalue weighted by Gasteiger charge is 2.45. The van der Waals surface area contributed by atoms with E-state index in [4.69, 9.17) is 20.6 Å². The van der Waals surface area contributed by atoms with Crippen molar-refractivity contribution in [3.63, 3.8) is 0 Å². The van der Waals surface area contributed by atoms with E-state index >= 15 is 0 Å². The van der Waals surface area contributed by atoms with Crippen LogP contribution in [0.1, 0.15) is 44.9 Å². The Labute approximate surface area is 107 Å². The van der Waals surface area contributed by atoms with Gasteiger partial charge < -0.3 is 14.7 Å². The lowest BCUT2D eigenvalue weighted by Crippen LogP contribution is -2.49. The van der Waals surface area contributed by atoms with Gasteiger partial charge in [-0.3, -0.25) is 0 Å². The number of rotatable bonds is 4. The first-order chi connectivity index (χ1) is 8.08. The van der Waals surface area contributed by atoms with E-state index < -0.39 is 5.60 Å². The van der Waals surface area contributed by atoms with Crippen molar-refractivity contribution in [1.29, 1.82) is 0 Å². The summed E-state index contributed by atoms with van der Waals surface area (Å²) >= 11 is 0. The minimum absolute atomic E-state index is 0.0465. The van der Waals surface area contributed by atoms with Crippen LogP contribution in [0.4, 0.5) is 0 Å². The smallest absolute Gasteiger partial charge is 0.181 e. The Morgan fingerprint density at radius 3 is 2.59 bits per heavy atom. The van der Waals surface area contributed by atoms with Crippen molar-refractivity contribution < 1.29 is 9.84 Å². The molecule has 3 nitrogen and oxygen atoms in total. The fraction of sp³-hybridized carbons (Fsp3) is 1.00. The zero-order valence-electron chi connectivity index (χ0n) is 10.5.